The fraction of sp³-hybridized carbons (Fsp3) is 0.375. The summed E-state index contributed by atoms with van der Waals surface area (Å²) in [5, 5.41) is 3.38. The van der Waals surface area contributed by atoms with Crippen LogP contribution < -0.4 is 19.1 Å². The summed E-state index contributed by atoms with van der Waals surface area (Å²) in [5.74, 6) is -0.244. The first-order chi connectivity index (χ1) is 20.2. The lowest BCUT2D eigenvalue weighted by molar-refractivity contribution is -0.141. The van der Waals surface area contributed by atoms with Crippen LogP contribution in [0.4, 0.5) is 5.69 Å². The molecule has 232 valence electrons. The first-order valence-electron chi connectivity index (χ1n) is 13.9. The first kappa shape index (κ1) is 33.7. The van der Waals surface area contributed by atoms with Gasteiger partial charge in [-0.1, -0.05) is 54.4 Å². The molecule has 43 heavy (non-hydrogen) atoms. The number of anilines is 1. The Kier molecular flexibility index (Phi) is 11.1. The molecule has 9 nitrogen and oxygen atoms in total. The van der Waals surface area contributed by atoms with Crippen LogP contribution in [0, 0.1) is 6.92 Å². The SMILES string of the molecule is CC[C@@H](C(=O)NC(C)(C)C)N(Cc1ccccc1Cl)C(=O)CN(c1ccc(OC)c(OC)c1)S(=O)(=O)c1ccc(C)cc1. The molecule has 0 fully saturated rings. The summed E-state index contributed by atoms with van der Waals surface area (Å²) in [5.41, 5.74) is 1.15. The number of sulfonamides is 1. The lowest BCUT2D eigenvalue weighted by Crippen LogP contribution is -2.55. The van der Waals surface area contributed by atoms with Gasteiger partial charge in [-0.3, -0.25) is 13.9 Å². The Balaban J connectivity index is 2.14. The van der Waals surface area contributed by atoms with Crippen LogP contribution in [0.5, 0.6) is 11.5 Å². The third kappa shape index (κ3) is 8.42. The Hall–Kier alpha value is -3.76. The van der Waals surface area contributed by atoms with Crippen LogP contribution in [0.25, 0.3) is 0 Å². The maximum Gasteiger partial charge on any atom is 0.264 e. The molecule has 0 radical (unpaired) electrons. The molecule has 11 heteroatoms. The van der Waals surface area contributed by atoms with Gasteiger partial charge in [0.15, 0.2) is 11.5 Å². The first-order valence-corrected chi connectivity index (χ1v) is 15.7. The highest BCUT2D eigenvalue weighted by Gasteiger charge is 2.35. The molecule has 0 aliphatic heterocycles. The molecular formula is C32H40ClN3O6S. The van der Waals surface area contributed by atoms with Crippen molar-refractivity contribution < 1.29 is 27.5 Å². The Morgan fingerprint density at radius 1 is 0.953 bits per heavy atom. The topological polar surface area (TPSA) is 105 Å². The lowest BCUT2D eigenvalue weighted by Gasteiger charge is -2.35. The molecule has 0 saturated carbocycles. The van der Waals surface area contributed by atoms with Gasteiger partial charge in [0.1, 0.15) is 12.6 Å². The van der Waals surface area contributed by atoms with E-state index in [1.807, 2.05) is 27.7 Å². The summed E-state index contributed by atoms with van der Waals surface area (Å²) in [4.78, 5) is 29.1. The maximum atomic E-state index is 14.3. The summed E-state index contributed by atoms with van der Waals surface area (Å²) in [7, 11) is -1.33. The van der Waals surface area contributed by atoms with Gasteiger partial charge in [-0.2, -0.15) is 0 Å². The van der Waals surface area contributed by atoms with Crippen molar-refractivity contribution in [1.82, 2.24) is 10.2 Å². The van der Waals surface area contributed by atoms with Gasteiger partial charge in [-0.25, -0.2) is 8.42 Å². The van der Waals surface area contributed by atoms with E-state index in [2.05, 4.69) is 5.32 Å². The molecule has 0 aromatic heterocycles. The van der Waals surface area contributed by atoms with E-state index in [1.54, 1.807) is 55.5 Å². The van der Waals surface area contributed by atoms with E-state index in [9.17, 15) is 18.0 Å². The largest absolute Gasteiger partial charge is 0.493 e. The second-order valence-electron chi connectivity index (χ2n) is 11.1. The van der Waals surface area contributed by atoms with E-state index >= 15 is 0 Å². The molecule has 0 spiro atoms. The predicted octanol–water partition coefficient (Wildman–Crippen LogP) is 5.58. The van der Waals surface area contributed by atoms with Crippen molar-refractivity contribution in [1.29, 1.82) is 0 Å². The lowest BCUT2D eigenvalue weighted by atomic mass is 10.1. The summed E-state index contributed by atoms with van der Waals surface area (Å²) in [6, 6.07) is 17.1. The number of hydrogen-bond donors (Lipinski definition) is 1. The van der Waals surface area contributed by atoms with Crippen molar-refractivity contribution in [3.63, 3.8) is 0 Å². The van der Waals surface area contributed by atoms with Gasteiger partial charge < -0.3 is 19.7 Å². The number of rotatable bonds is 12. The minimum absolute atomic E-state index is 0.00106. The molecule has 0 unspecified atom stereocenters. The van der Waals surface area contributed by atoms with Crippen molar-refractivity contribution >= 4 is 39.1 Å². The highest BCUT2D eigenvalue weighted by atomic mass is 35.5. The number of ether oxygens (including phenoxy) is 2. The number of nitrogens with zero attached hydrogens (tertiary/aromatic N) is 2. The average Bonchev–Trinajstić information content (AvgIpc) is 2.95. The van der Waals surface area contributed by atoms with Crippen LogP contribution in [-0.2, 0) is 26.2 Å². The summed E-state index contributed by atoms with van der Waals surface area (Å²) < 4.78 is 40.0. The molecule has 0 aliphatic carbocycles. The van der Waals surface area contributed by atoms with Crippen LogP contribution in [0.1, 0.15) is 45.2 Å². The molecule has 3 aromatic rings. The van der Waals surface area contributed by atoms with E-state index in [4.69, 9.17) is 21.1 Å². The zero-order chi connectivity index (χ0) is 31.9. The Bertz CT molecular complexity index is 1540. The van der Waals surface area contributed by atoms with Crippen LogP contribution in [0.15, 0.2) is 71.6 Å². The molecule has 0 bridgehead atoms. The molecule has 0 heterocycles. The van der Waals surface area contributed by atoms with Crippen LogP contribution >= 0.6 is 11.6 Å². The standard InChI is InChI=1S/C32H40ClN3O6S/c1-8-27(31(38)34-32(3,4)5)35(20-23-11-9-10-12-26(23)33)30(37)21-36(24-15-18-28(41-6)29(19-24)42-7)43(39,40)25-16-13-22(2)14-17-25/h9-19,27H,8,20-21H2,1-7H3,(H,34,38)/t27-/m0/s1. The van der Waals surface area contributed by atoms with Crippen molar-refractivity contribution in [2.24, 2.45) is 0 Å². The number of methoxy groups -OCH3 is 2. The second-order valence-corrected chi connectivity index (χ2v) is 13.4. The highest BCUT2D eigenvalue weighted by Crippen LogP contribution is 2.34. The van der Waals surface area contributed by atoms with Gasteiger partial charge in [0.25, 0.3) is 10.0 Å². The molecule has 0 saturated heterocycles. The summed E-state index contributed by atoms with van der Waals surface area (Å²) in [6.07, 6.45) is 0.291. The number of amides is 2. The second kappa shape index (κ2) is 14.1. The van der Waals surface area contributed by atoms with E-state index in [0.29, 0.717) is 28.5 Å². The molecule has 1 N–H and O–H groups in total. The Morgan fingerprint density at radius 3 is 2.14 bits per heavy atom. The van der Waals surface area contributed by atoms with Crippen LogP contribution in [0.2, 0.25) is 5.02 Å². The number of hydrogen-bond acceptors (Lipinski definition) is 6. The van der Waals surface area contributed by atoms with Crippen molar-refractivity contribution in [3.8, 4) is 11.5 Å². The molecule has 2 amide bonds. The molecule has 1 atom stereocenters. The Labute approximate surface area is 259 Å². The average molecular weight is 630 g/mol. The van der Waals surface area contributed by atoms with Gasteiger partial charge in [-0.05, 0) is 70.0 Å². The predicted molar refractivity (Wildman–Crippen MR) is 169 cm³/mol. The molecule has 3 aromatic carbocycles. The normalized spacial score (nSPS) is 12.3. The van der Waals surface area contributed by atoms with Crippen molar-refractivity contribution in [3.05, 3.63) is 82.9 Å². The van der Waals surface area contributed by atoms with E-state index in [0.717, 1.165) is 9.87 Å². The van der Waals surface area contributed by atoms with E-state index < -0.39 is 34.1 Å². The summed E-state index contributed by atoms with van der Waals surface area (Å²) in [6.45, 7) is 8.62. The molecule has 0 aliphatic rings. The van der Waals surface area contributed by atoms with Gasteiger partial charge in [0.05, 0.1) is 24.8 Å². The highest BCUT2D eigenvalue weighted by molar-refractivity contribution is 7.92. The van der Waals surface area contributed by atoms with Crippen LogP contribution in [-0.4, -0.2) is 57.5 Å². The Morgan fingerprint density at radius 2 is 1.58 bits per heavy atom. The fourth-order valence-electron chi connectivity index (χ4n) is 4.53. The van der Waals surface area contributed by atoms with E-state index in [-0.39, 0.29) is 23.0 Å². The van der Waals surface area contributed by atoms with Gasteiger partial charge in [0.2, 0.25) is 11.8 Å². The number of carbonyl (C=O) groups is 2. The number of aryl methyl sites for hydroxylation is 1. The number of carbonyl (C=O) groups excluding carboxylic acids is 2. The monoisotopic (exact) mass is 629 g/mol. The van der Waals surface area contributed by atoms with Crippen molar-refractivity contribution in [2.75, 3.05) is 25.1 Å². The minimum atomic E-state index is -4.24. The third-order valence-corrected chi connectivity index (χ3v) is 8.88. The summed E-state index contributed by atoms with van der Waals surface area (Å²) >= 11 is 6.47. The molecule has 3 rings (SSSR count). The maximum absolute atomic E-state index is 14.3. The number of halogens is 1. The zero-order valence-corrected chi connectivity index (χ0v) is 27.3. The smallest absolute Gasteiger partial charge is 0.264 e. The van der Waals surface area contributed by atoms with Gasteiger partial charge in [-0.15, -0.1) is 0 Å². The molecular weight excluding hydrogens is 590 g/mol. The van der Waals surface area contributed by atoms with Crippen molar-refractivity contribution in [2.45, 2.75) is 64.1 Å². The van der Waals surface area contributed by atoms with Crippen LogP contribution in [0.3, 0.4) is 0 Å². The minimum Gasteiger partial charge on any atom is -0.493 e. The number of benzene rings is 3. The zero-order valence-electron chi connectivity index (χ0n) is 25.7. The van der Waals surface area contributed by atoms with E-state index in [1.165, 1.54) is 37.3 Å². The number of nitrogens with one attached hydrogen (secondary N) is 1. The quantitative estimate of drug-likeness (QED) is 0.280. The van der Waals surface area contributed by atoms with Gasteiger partial charge in [0, 0.05) is 23.2 Å². The fourth-order valence-corrected chi connectivity index (χ4v) is 6.13. The third-order valence-electron chi connectivity index (χ3n) is 6.73. The van der Waals surface area contributed by atoms with Gasteiger partial charge >= 0.3 is 0 Å².